The van der Waals surface area contributed by atoms with Gasteiger partial charge in [0.1, 0.15) is 0 Å². The lowest BCUT2D eigenvalue weighted by Crippen LogP contribution is -2.36. The standard InChI is InChI=1S/C17H26O/c1-17(2,3)15-11-7-8-12-16(15)18-13-14-9-5-4-6-10-14/h4-6,9-10,15-16H,7-8,11-13H2,1-3H3. The Balaban J connectivity index is 1.94. The summed E-state index contributed by atoms with van der Waals surface area (Å²) in [6.07, 6.45) is 5.69. The first-order chi connectivity index (χ1) is 8.57. The highest BCUT2D eigenvalue weighted by Gasteiger charge is 2.34. The summed E-state index contributed by atoms with van der Waals surface area (Å²) in [5.41, 5.74) is 1.65. The minimum absolute atomic E-state index is 0.363. The first-order valence-electron chi connectivity index (χ1n) is 7.23. The predicted molar refractivity (Wildman–Crippen MR) is 76.4 cm³/mol. The van der Waals surface area contributed by atoms with E-state index in [1.165, 1.54) is 31.2 Å². The maximum Gasteiger partial charge on any atom is 0.0720 e. The van der Waals surface area contributed by atoms with Crippen LogP contribution < -0.4 is 0 Å². The number of benzene rings is 1. The average Bonchev–Trinajstić information content (AvgIpc) is 2.37. The second-order valence-electron chi connectivity index (χ2n) is 6.59. The fourth-order valence-electron chi connectivity index (χ4n) is 3.06. The van der Waals surface area contributed by atoms with Gasteiger partial charge in [-0.1, -0.05) is 63.9 Å². The first-order valence-corrected chi connectivity index (χ1v) is 7.23. The summed E-state index contributed by atoms with van der Waals surface area (Å²) in [7, 11) is 0. The molecule has 0 saturated heterocycles. The van der Waals surface area contributed by atoms with Crippen molar-refractivity contribution in [1.82, 2.24) is 0 Å². The van der Waals surface area contributed by atoms with E-state index in [9.17, 15) is 0 Å². The van der Waals surface area contributed by atoms with E-state index in [1.54, 1.807) is 0 Å². The molecule has 1 aromatic rings. The zero-order valence-corrected chi connectivity index (χ0v) is 12.0. The van der Waals surface area contributed by atoms with Crippen LogP contribution in [-0.4, -0.2) is 6.10 Å². The van der Waals surface area contributed by atoms with E-state index >= 15 is 0 Å². The zero-order valence-electron chi connectivity index (χ0n) is 12.0. The summed E-state index contributed by atoms with van der Waals surface area (Å²) < 4.78 is 6.21. The van der Waals surface area contributed by atoms with Gasteiger partial charge in [-0.3, -0.25) is 0 Å². The summed E-state index contributed by atoms with van der Waals surface area (Å²) in [6.45, 7) is 7.81. The molecular formula is C17H26O. The third-order valence-corrected chi connectivity index (χ3v) is 4.12. The largest absolute Gasteiger partial charge is 0.373 e. The maximum atomic E-state index is 6.21. The van der Waals surface area contributed by atoms with Crippen molar-refractivity contribution < 1.29 is 4.74 Å². The highest BCUT2D eigenvalue weighted by atomic mass is 16.5. The molecule has 0 aliphatic heterocycles. The highest BCUT2D eigenvalue weighted by Crippen LogP contribution is 2.39. The van der Waals surface area contributed by atoms with Crippen molar-refractivity contribution in [1.29, 1.82) is 0 Å². The normalized spacial score (nSPS) is 25.1. The maximum absolute atomic E-state index is 6.21. The molecule has 2 unspecified atom stereocenters. The number of hydrogen-bond donors (Lipinski definition) is 0. The fourth-order valence-corrected chi connectivity index (χ4v) is 3.06. The van der Waals surface area contributed by atoms with Crippen molar-refractivity contribution >= 4 is 0 Å². The average molecular weight is 246 g/mol. The molecule has 0 spiro atoms. The van der Waals surface area contributed by atoms with Crippen LogP contribution in [0.15, 0.2) is 30.3 Å². The molecule has 0 aromatic heterocycles. The summed E-state index contributed by atoms with van der Waals surface area (Å²) in [6, 6.07) is 10.5. The smallest absolute Gasteiger partial charge is 0.0720 e. The SMILES string of the molecule is CC(C)(C)C1CCCCC1OCc1ccccc1. The van der Waals surface area contributed by atoms with Crippen molar-refractivity contribution in [3.05, 3.63) is 35.9 Å². The monoisotopic (exact) mass is 246 g/mol. The Morgan fingerprint density at radius 1 is 1.06 bits per heavy atom. The Morgan fingerprint density at radius 3 is 2.39 bits per heavy atom. The molecule has 0 N–H and O–H groups in total. The van der Waals surface area contributed by atoms with Gasteiger partial charge in [-0.25, -0.2) is 0 Å². The molecular weight excluding hydrogens is 220 g/mol. The number of hydrogen-bond acceptors (Lipinski definition) is 1. The Labute approximate surface area is 112 Å². The van der Waals surface area contributed by atoms with E-state index in [4.69, 9.17) is 4.74 Å². The molecule has 2 rings (SSSR count). The van der Waals surface area contributed by atoms with Gasteiger partial charge in [0.2, 0.25) is 0 Å². The summed E-state index contributed by atoms with van der Waals surface area (Å²) >= 11 is 0. The van der Waals surface area contributed by atoms with Crippen LogP contribution in [-0.2, 0) is 11.3 Å². The van der Waals surface area contributed by atoms with E-state index in [1.807, 2.05) is 0 Å². The molecule has 0 radical (unpaired) electrons. The van der Waals surface area contributed by atoms with E-state index in [0.29, 0.717) is 17.4 Å². The van der Waals surface area contributed by atoms with Crippen molar-refractivity contribution in [2.45, 2.75) is 59.2 Å². The van der Waals surface area contributed by atoms with Gasteiger partial charge in [-0.15, -0.1) is 0 Å². The molecule has 1 aliphatic carbocycles. The lowest BCUT2D eigenvalue weighted by atomic mass is 9.70. The van der Waals surface area contributed by atoms with Crippen molar-refractivity contribution in [2.75, 3.05) is 0 Å². The molecule has 0 amide bonds. The van der Waals surface area contributed by atoms with Crippen molar-refractivity contribution in [3.8, 4) is 0 Å². The minimum atomic E-state index is 0.363. The Kier molecular flexibility index (Phi) is 4.45. The molecule has 1 aliphatic rings. The topological polar surface area (TPSA) is 9.23 Å². The fraction of sp³-hybridized carbons (Fsp3) is 0.647. The molecule has 1 saturated carbocycles. The second-order valence-corrected chi connectivity index (χ2v) is 6.59. The van der Waals surface area contributed by atoms with Crippen LogP contribution in [0.4, 0.5) is 0 Å². The van der Waals surface area contributed by atoms with Crippen molar-refractivity contribution in [2.24, 2.45) is 11.3 Å². The molecule has 2 atom stereocenters. The first kappa shape index (κ1) is 13.6. The van der Waals surface area contributed by atoms with Gasteiger partial charge >= 0.3 is 0 Å². The zero-order chi connectivity index (χ0) is 13.0. The van der Waals surface area contributed by atoms with E-state index < -0.39 is 0 Å². The molecule has 1 fully saturated rings. The number of ether oxygens (including phenoxy) is 1. The lowest BCUT2D eigenvalue weighted by molar-refractivity contribution is -0.0560. The third-order valence-electron chi connectivity index (χ3n) is 4.12. The van der Waals surface area contributed by atoms with Crippen LogP contribution in [0.25, 0.3) is 0 Å². The van der Waals surface area contributed by atoms with E-state index in [-0.39, 0.29) is 0 Å². The summed E-state index contributed by atoms with van der Waals surface area (Å²) in [5.74, 6) is 0.704. The Bertz CT molecular complexity index is 350. The van der Waals surface area contributed by atoms with Gasteiger partial charge in [-0.2, -0.15) is 0 Å². The molecule has 1 aromatic carbocycles. The summed E-state index contributed by atoms with van der Waals surface area (Å²) in [5, 5.41) is 0. The Hall–Kier alpha value is -0.820. The molecule has 1 heteroatoms. The highest BCUT2D eigenvalue weighted by molar-refractivity contribution is 5.13. The second kappa shape index (κ2) is 5.88. The van der Waals surface area contributed by atoms with Crippen LogP contribution in [0, 0.1) is 11.3 Å². The van der Waals surface area contributed by atoms with Gasteiger partial charge in [0.15, 0.2) is 0 Å². The van der Waals surface area contributed by atoms with E-state index in [2.05, 4.69) is 51.1 Å². The summed E-state index contributed by atoms with van der Waals surface area (Å²) in [4.78, 5) is 0. The molecule has 1 nitrogen and oxygen atoms in total. The lowest BCUT2D eigenvalue weighted by Gasteiger charge is -2.40. The predicted octanol–water partition coefficient (Wildman–Crippen LogP) is 4.81. The van der Waals surface area contributed by atoms with Crippen LogP contribution in [0.1, 0.15) is 52.0 Å². The van der Waals surface area contributed by atoms with Gasteiger partial charge in [-0.05, 0) is 29.7 Å². The minimum Gasteiger partial charge on any atom is -0.373 e. The van der Waals surface area contributed by atoms with Gasteiger partial charge in [0.05, 0.1) is 12.7 Å². The molecule has 18 heavy (non-hydrogen) atoms. The van der Waals surface area contributed by atoms with Crippen LogP contribution in [0.3, 0.4) is 0 Å². The van der Waals surface area contributed by atoms with E-state index in [0.717, 1.165) is 6.61 Å². The van der Waals surface area contributed by atoms with Crippen LogP contribution in [0.5, 0.6) is 0 Å². The van der Waals surface area contributed by atoms with Crippen molar-refractivity contribution in [3.63, 3.8) is 0 Å². The van der Waals surface area contributed by atoms with Crippen LogP contribution in [0.2, 0.25) is 0 Å². The number of rotatable bonds is 3. The van der Waals surface area contributed by atoms with Gasteiger partial charge in [0, 0.05) is 0 Å². The van der Waals surface area contributed by atoms with Gasteiger partial charge in [0.25, 0.3) is 0 Å². The van der Waals surface area contributed by atoms with Crippen LogP contribution >= 0.6 is 0 Å². The third kappa shape index (κ3) is 3.58. The quantitative estimate of drug-likeness (QED) is 0.743. The van der Waals surface area contributed by atoms with Gasteiger partial charge < -0.3 is 4.74 Å². The Morgan fingerprint density at radius 2 is 1.72 bits per heavy atom. The molecule has 0 bridgehead atoms. The molecule has 100 valence electrons. The molecule has 0 heterocycles.